The minimum atomic E-state index is -1.11. The average Bonchev–Trinajstić information content (AvgIpc) is 3.00. The van der Waals surface area contributed by atoms with Crippen LogP contribution in [-0.4, -0.2) is 36.0 Å². The van der Waals surface area contributed by atoms with Crippen LogP contribution in [0.5, 0.6) is 0 Å². The van der Waals surface area contributed by atoms with E-state index in [0.29, 0.717) is 31.6 Å². The van der Waals surface area contributed by atoms with Crippen molar-refractivity contribution in [3.05, 3.63) is 34.2 Å². The van der Waals surface area contributed by atoms with Crippen molar-refractivity contribution in [3.63, 3.8) is 0 Å². The maximum Gasteiger partial charge on any atom is 0.308 e. The molecule has 0 aromatic carbocycles. The van der Waals surface area contributed by atoms with Crippen molar-refractivity contribution in [2.24, 2.45) is 5.92 Å². The number of aliphatic hydroxyl groups is 1. The van der Waals surface area contributed by atoms with Crippen molar-refractivity contribution in [2.75, 3.05) is 13.2 Å². The van der Waals surface area contributed by atoms with E-state index >= 15 is 0 Å². The van der Waals surface area contributed by atoms with Crippen LogP contribution >= 0.6 is 0 Å². The molecule has 0 saturated heterocycles. The topological polar surface area (TPSA) is 91.6 Å². The van der Waals surface area contributed by atoms with Gasteiger partial charge < -0.3 is 19.9 Å². The van der Waals surface area contributed by atoms with E-state index in [4.69, 9.17) is 9.47 Å². The second-order valence-corrected chi connectivity index (χ2v) is 7.04. The van der Waals surface area contributed by atoms with E-state index in [0.717, 1.165) is 29.0 Å². The number of allylic oxidation sites excluding steroid dienone is 1. The zero-order chi connectivity index (χ0) is 18.9. The van der Waals surface area contributed by atoms with Gasteiger partial charge in [-0.1, -0.05) is 13.3 Å². The summed E-state index contributed by atoms with van der Waals surface area (Å²) in [4.78, 5) is 11.9. The van der Waals surface area contributed by atoms with Crippen LogP contribution in [0.25, 0.3) is 0 Å². The molecule has 0 bridgehead atoms. The van der Waals surface area contributed by atoms with Gasteiger partial charge in [0.15, 0.2) is 0 Å². The van der Waals surface area contributed by atoms with Crippen molar-refractivity contribution in [2.45, 2.75) is 58.2 Å². The van der Waals surface area contributed by atoms with Gasteiger partial charge in [-0.15, -0.1) is 0 Å². The summed E-state index contributed by atoms with van der Waals surface area (Å²) in [6, 6.07) is 2.28. The minimum Gasteiger partial charge on any atom is -0.466 e. The second-order valence-electron chi connectivity index (χ2n) is 7.04. The second kappa shape index (κ2) is 7.26. The quantitative estimate of drug-likeness (QED) is 0.734. The molecule has 3 rings (SSSR count). The Bertz CT molecular complexity index is 743. The van der Waals surface area contributed by atoms with Gasteiger partial charge in [0.25, 0.3) is 0 Å². The number of carbonyl (C=O) groups is 1. The summed E-state index contributed by atoms with van der Waals surface area (Å²) in [5.41, 5.74) is 3.11. The van der Waals surface area contributed by atoms with Gasteiger partial charge in [-0.05, 0) is 43.9 Å². The van der Waals surface area contributed by atoms with Crippen molar-refractivity contribution in [1.29, 1.82) is 5.26 Å². The molecule has 1 aliphatic carbocycles. The van der Waals surface area contributed by atoms with Crippen molar-refractivity contribution >= 4 is 5.97 Å². The molecule has 140 valence electrons. The molecule has 3 atom stereocenters. The van der Waals surface area contributed by atoms with E-state index in [1.54, 1.807) is 13.0 Å². The number of nitrogens with one attached hydrogen (secondary N) is 1. The Hall–Kier alpha value is -2.10. The molecule has 2 heterocycles. The summed E-state index contributed by atoms with van der Waals surface area (Å²) in [7, 11) is 0. The first-order valence-electron chi connectivity index (χ1n) is 9.28. The fraction of sp³-hybridized carbons (Fsp3) is 0.600. The fourth-order valence-corrected chi connectivity index (χ4v) is 4.19. The average molecular weight is 358 g/mol. The first-order valence-corrected chi connectivity index (χ1v) is 9.28. The van der Waals surface area contributed by atoms with E-state index in [1.807, 2.05) is 13.8 Å². The largest absolute Gasteiger partial charge is 0.466 e. The Morgan fingerprint density at radius 2 is 2.27 bits per heavy atom. The predicted octanol–water partition coefficient (Wildman–Crippen LogP) is 2.47. The summed E-state index contributed by atoms with van der Waals surface area (Å²) in [6.07, 6.45) is 3.53. The van der Waals surface area contributed by atoms with Crippen molar-refractivity contribution < 1.29 is 19.4 Å². The third kappa shape index (κ3) is 3.06. The molecule has 6 heteroatoms. The standard InChI is InChI=1S/C20H26N2O4/c1-4-7-20(24)10-13(11-21)17-14-6-8-26-15(9-16(23)25-5-2)19(14)22-18(17)12(20)3/h10,15,17,22,24H,4-9H2,1-3H3. The van der Waals surface area contributed by atoms with Crippen molar-refractivity contribution in [3.8, 4) is 6.07 Å². The van der Waals surface area contributed by atoms with Gasteiger partial charge in [-0.25, -0.2) is 0 Å². The van der Waals surface area contributed by atoms with Crippen LogP contribution in [0.2, 0.25) is 0 Å². The van der Waals surface area contributed by atoms with Gasteiger partial charge >= 0.3 is 5.97 Å². The summed E-state index contributed by atoms with van der Waals surface area (Å²) in [6.45, 7) is 6.54. The molecule has 0 aromatic heterocycles. The lowest BCUT2D eigenvalue weighted by Gasteiger charge is -2.34. The van der Waals surface area contributed by atoms with Gasteiger partial charge in [0.2, 0.25) is 0 Å². The lowest BCUT2D eigenvalue weighted by molar-refractivity contribution is -0.145. The number of ether oxygens (including phenoxy) is 2. The zero-order valence-electron chi connectivity index (χ0n) is 15.6. The first-order chi connectivity index (χ1) is 12.4. The molecular formula is C20H26N2O4. The lowest BCUT2D eigenvalue weighted by atomic mass is 9.74. The summed E-state index contributed by atoms with van der Waals surface area (Å²) >= 11 is 0. The third-order valence-corrected chi connectivity index (χ3v) is 5.44. The highest BCUT2D eigenvalue weighted by Gasteiger charge is 2.45. The number of carbonyl (C=O) groups excluding carboxylic acids is 1. The molecule has 3 aliphatic rings. The number of hydrogen-bond acceptors (Lipinski definition) is 6. The molecule has 0 amide bonds. The maximum atomic E-state index is 11.9. The first kappa shape index (κ1) is 18.7. The van der Waals surface area contributed by atoms with Gasteiger partial charge in [0.1, 0.15) is 11.7 Å². The van der Waals surface area contributed by atoms with Crippen LogP contribution in [0, 0.1) is 17.2 Å². The van der Waals surface area contributed by atoms with Crippen LogP contribution in [0.4, 0.5) is 0 Å². The summed E-state index contributed by atoms with van der Waals surface area (Å²) < 4.78 is 10.9. The molecule has 0 saturated carbocycles. The molecule has 0 radical (unpaired) electrons. The smallest absolute Gasteiger partial charge is 0.308 e. The van der Waals surface area contributed by atoms with Gasteiger partial charge in [0.05, 0.1) is 31.6 Å². The fourth-order valence-electron chi connectivity index (χ4n) is 4.19. The monoisotopic (exact) mass is 358 g/mol. The van der Waals surface area contributed by atoms with Gasteiger partial charge in [-0.2, -0.15) is 5.26 Å². The lowest BCUT2D eigenvalue weighted by Crippen LogP contribution is -2.36. The number of esters is 1. The van der Waals surface area contributed by atoms with E-state index in [2.05, 4.69) is 11.4 Å². The van der Waals surface area contributed by atoms with Gasteiger partial charge in [-0.3, -0.25) is 4.79 Å². The predicted molar refractivity (Wildman–Crippen MR) is 95.5 cm³/mol. The van der Waals surface area contributed by atoms with E-state index in [9.17, 15) is 15.2 Å². The Labute approximate surface area is 154 Å². The molecule has 3 unspecified atom stereocenters. The Morgan fingerprint density at radius 3 is 2.92 bits per heavy atom. The van der Waals surface area contributed by atoms with E-state index < -0.39 is 11.7 Å². The molecule has 2 aliphatic heterocycles. The normalized spacial score (nSPS) is 30.2. The highest BCUT2D eigenvalue weighted by Crippen LogP contribution is 2.47. The number of rotatable bonds is 5. The van der Waals surface area contributed by atoms with E-state index in [1.165, 1.54) is 0 Å². The van der Waals surface area contributed by atoms with Crippen LogP contribution in [0.15, 0.2) is 34.2 Å². The number of nitriles is 1. The number of nitrogens with zero attached hydrogens (tertiary/aromatic N) is 1. The number of fused-ring (bicyclic) bond motifs is 2. The van der Waals surface area contributed by atoms with Crippen molar-refractivity contribution in [1.82, 2.24) is 5.32 Å². The highest BCUT2D eigenvalue weighted by molar-refractivity contribution is 5.71. The molecule has 0 spiro atoms. The highest BCUT2D eigenvalue weighted by atomic mass is 16.5. The third-order valence-electron chi connectivity index (χ3n) is 5.44. The van der Waals surface area contributed by atoms with Crippen LogP contribution in [0.3, 0.4) is 0 Å². The van der Waals surface area contributed by atoms with Crippen LogP contribution in [-0.2, 0) is 14.3 Å². The summed E-state index contributed by atoms with van der Waals surface area (Å²) in [5, 5.41) is 24.1. The Kier molecular flexibility index (Phi) is 5.22. The molecule has 0 aromatic rings. The Balaban J connectivity index is 1.97. The van der Waals surface area contributed by atoms with E-state index in [-0.39, 0.29) is 18.3 Å². The summed E-state index contributed by atoms with van der Waals surface area (Å²) in [5.74, 6) is -0.465. The zero-order valence-corrected chi connectivity index (χ0v) is 15.6. The van der Waals surface area contributed by atoms with Crippen LogP contribution in [0.1, 0.15) is 46.5 Å². The molecule has 2 N–H and O–H groups in total. The van der Waals surface area contributed by atoms with Gasteiger partial charge in [0, 0.05) is 17.0 Å². The van der Waals surface area contributed by atoms with Crippen LogP contribution < -0.4 is 5.32 Å². The molecule has 0 fully saturated rings. The number of hydrogen-bond donors (Lipinski definition) is 2. The molecule has 26 heavy (non-hydrogen) atoms. The molecular weight excluding hydrogens is 332 g/mol. The maximum absolute atomic E-state index is 11.9. The minimum absolute atomic E-state index is 0.142. The Morgan fingerprint density at radius 1 is 1.50 bits per heavy atom. The molecule has 6 nitrogen and oxygen atoms in total. The SMILES string of the molecule is CCCC1(O)C=C(C#N)C2C3=C(NC2=C1C)C(CC(=O)OCC)OCC3.